The number of hydrogen-bond acceptors (Lipinski definition) is 8. The van der Waals surface area contributed by atoms with E-state index in [0.717, 1.165) is 11.3 Å². The molecular weight excluding hydrogens is 597 g/mol. The Balaban J connectivity index is 1.54. The van der Waals surface area contributed by atoms with E-state index in [-0.39, 0.29) is 44.6 Å². The van der Waals surface area contributed by atoms with Gasteiger partial charge < -0.3 is 26.0 Å². The average Bonchev–Trinajstić information content (AvgIpc) is 3.19. The van der Waals surface area contributed by atoms with E-state index in [1.807, 2.05) is 13.8 Å². The minimum Gasteiger partial charge on any atom is -0.479 e. The first-order valence-electron chi connectivity index (χ1n) is 12.5. The molecule has 14 heteroatoms. The Labute approximate surface area is 245 Å². The maximum atomic E-state index is 14.9. The Bertz CT molecular complexity index is 1590. The van der Waals surface area contributed by atoms with Crippen LogP contribution in [0.1, 0.15) is 41.9 Å². The summed E-state index contributed by atoms with van der Waals surface area (Å²) in [5, 5.41) is 21.5. The Kier molecular flexibility index (Phi) is 8.83. The number of aromatic carboxylic acids is 1. The molecule has 0 bridgehead atoms. The molecule has 3 aromatic rings. The lowest BCUT2D eigenvalue weighted by Crippen LogP contribution is -2.55. The highest BCUT2D eigenvalue weighted by Crippen LogP contribution is 2.46. The lowest BCUT2D eigenvalue weighted by atomic mass is 9.89. The van der Waals surface area contributed by atoms with Crippen molar-refractivity contribution >= 4 is 56.3 Å². The number of nitrogens with zero attached hydrogens (tertiary/aromatic N) is 1. The number of piperidine rings is 1. The van der Waals surface area contributed by atoms with Crippen molar-refractivity contribution < 1.29 is 37.3 Å². The van der Waals surface area contributed by atoms with E-state index in [9.17, 15) is 27.5 Å². The number of carbonyl (C=O) groups is 2. The first-order chi connectivity index (χ1) is 19.2. The molecule has 1 atom stereocenters. The Morgan fingerprint density at radius 3 is 2.61 bits per heavy atom. The second-order valence-corrected chi connectivity index (χ2v) is 13.6. The molecule has 1 aromatic heterocycles. The van der Waals surface area contributed by atoms with E-state index in [2.05, 4.69) is 5.32 Å². The summed E-state index contributed by atoms with van der Waals surface area (Å²) in [6.45, 7) is 3.08. The molecule has 0 saturated carbocycles. The van der Waals surface area contributed by atoms with Crippen LogP contribution in [0.3, 0.4) is 0 Å². The number of nitrogens with one attached hydrogen (secondary N) is 1. The maximum Gasteiger partial charge on any atom is 0.349 e. The molecule has 220 valence electrons. The van der Waals surface area contributed by atoms with Crippen LogP contribution in [-0.4, -0.2) is 59.6 Å². The van der Waals surface area contributed by atoms with Crippen molar-refractivity contribution in [2.45, 2.75) is 44.0 Å². The Morgan fingerprint density at radius 2 is 1.98 bits per heavy atom. The molecule has 0 amide bonds. The highest BCUT2D eigenvalue weighted by atomic mass is 35.5. The van der Waals surface area contributed by atoms with Gasteiger partial charge in [-0.15, -0.1) is 11.3 Å². The van der Waals surface area contributed by atoms with Gasteiger partial charge in [0.05, 0.1) is 16.3 Å². The van der Waals surface area contributed by atoms with Gasteiger partial charge in [-0.2, -0.15) is 4.31 Å². The van der Waals surface area contributed by atoms with Crippen molar-refractivity contribution in [1.82, 2.24) is 4.31 Å². The number of carboxylic acids is 2. The van der Waals surface area contributed by atoms with Crippen LogP contribution >= 0.6 is 22.9 Å². The Morgan fingerprint density at radius 1 is 1.24 bits per heavy atom. The summed E-state index contributed by atoms with van der Waals surface area (Å²) in [5.74, 6) is -3.66. The molecule has 2 heterocycles. The molecule has 0 aliphatic carbocycles. The van der Waals surface area contributed by atoms with Gasteiger partial charge in [-0.25, -0.2) is 22.4 Å². The van der Waals surface area contributed by atoms with Gasteiger partial charge in [-0.3, -0.25) is 0 Å². The molecule has 0 spiro atoms. The highest BCUT2D eigenvalue weighted by molar-refractivity contribution is 7.88. The minimum absolute atomic E-state index is 0.0916. The lowest BCUT2D eigenvalue weighted by Gasteiger charge is -2.45. The summed E-state index contributed by atoms with van der Waals surface area (Å²) in [4.78, 5) is 22.6. The van der Waals surface area contributed by atoms with E-state index in [1.165, 1.54) is 22.5 Å². The van der Waals surface area contributed by atoms with E-state index in [1.54, 1.807) is 24.3 Å². The maximum absolute atomic E-state index is 14.9. The Hall–Kier alpha value is -3.39. The fourth-order valence-corrected chi connectivity index (χ4v) is 8.35. The number of halogens is 2. The van der Waals surface area contributed by atoms with Gasteiger partial charge in [0.25, 0.3) is 0 Å². The summed E-state index contributed by atoms with van der Waals surface area (Å²) in [6, 6.07) is 10.6. The number of ether oxygens (including phenoxy) is 1. The predicted molar refractivity (Wildman–Crippen MR) is 156 cm³/mol. The van der Waals surface area contributed by atoms with Crippen molar-refractivity contribution in [3.8, 4) is 16.2 Å². The number of thiophene rings is 1. The first kappa shape index (κ1) is 30.6. The molecular formula is C27H29ClFN3O7S2. The van der Waals surface area contributed by atoms with Crippen molar-refractivity contribution in [2.75, 3.05) is 24.2 Å². The highest BCUT2D eigenvalue weighted by Gasteiger charge is 2.41. The number of benzene rings is 2. The van der Waals surface area contributed by atoms with Gasteiger partial charge in [0, 0.05) is 23.8 Å². The summed E-state index contributed by atoms with van der Waals surface area (Å²) in [7, 11) is -3.67. The van der Waals surface area contributed by atoms with Crippen LogP contribution in [0.15, 0.2) is 42.5 Å². The van der Waals surface area contributed by atoms with Gasteiger partial charge in [0.15, 0.2) is 17.2 Å². The number of nitrogen functional groups attached to an aromatic ring is 1. The molecule has 1 aliphatic rings. The van der Waals surface area contributed by atoms with E-state index in [0.29, 0.717) is 29.7 Å². The van der Waals surface area contributed by atoms with Gasteiger partial charge in [-0.05, 0) is 62.1 Å². The monoisotopic (exact) mass is 625 g/mol. The van der Waals surface area contributed by atoms with E-state index < -0.39 is 39.9 Å². The zero-order valence-electron chi connectivity index (χ0n) is 22.2. The molecule has 1 saturated heterocycles. The number of sulfonamides is 1. The summed E-state index contributed by atoms with van der Waals surface area (Å²) >= 11 is 7.17. The fraction of sp³-hybridized carbons (Fsp3) is 0.333. The van der Waals surface area contributed by atoms with Gasteiger partial charge in [0.1, 0.15) is 10.8 Å². The van der Waals surface area contributed by atoms with Crippen LogP contribution in [0.5, 0.6) is 5.75 Å². The predicted octanol–water partition coefficient (Wildman–Crippen LogP) is 5.14. The van der Waals surface area contributed by atoms with Gasteiger partial charge >= 0.3 is 11.9 Å². The average molecular weight is 626 g/mol. The standard InChI is InChI=1S/C27H29ClFN3O7S2/c1-27(2)12-18(8-9-32(27)41(37,38)14-15-4-3-5-17(30)10-15)31-20-11-16(6-7-19(20)29)24-22(28)23(39-13-21(33)34)25(40-24)26(35)36/h3-7,10-11,18,31H,8-9,12-14,30H2,1-2H3,(H,33,34)(H,35,36)/t18-/m0/s1. The molecule has 5 N–H and O–H groups in total. The molecule has 4 rings (SSSR count). The summed E-state index contributed by atoms with van der Waals surface area (Å²) in [6.07, 6.45) is 0.808. The van der Waals surface area contributed by atoms with Crippen LogP contribution in [0.2, 0.25) is 5.02 Å². The lowest BCUT2D eigenvalue weighted by molar-refractivity contribution is -0.139. The zero-order chi connectivity index (χ0) is 30.1. The number of nitrogens with two attached hydrogens (primary N) is 1. The third kappa shape index (κ3) is 6.92. The van der Waals surface area contributed by atoms with Crippen LogP contribution in [0.25, 0.3) is 10.4 Å². The number of hydrogen-bond donors (Lipinski definition) is 4. The second-order valence-electron chi connectivity index (χ2n) is 10.3. The molecule has 2 aromatic carbocycles. The van der Waals surface area contributed by atoms with Crippen LogP contribution in [0, 0.1) is 5.82 Å². The van der Waals surface area contributed by atoms with Crippen LogP contribution in [0.4, 0.5) is 15.8 Å². The summed E-state index contributed by atoms with van der Waals surface area (Å²) < 4.78 is 48.1. The molecule has 10 nitrogen and oxygen atoms in total. The molecule has 1 fully saturated rings. The SMILES string of the molecule is CC1(C)C[C@@H](Nc2cc(-c3sc(C(=O)O)c(OCC(=O)O)c3Cl)ccc2F)CCN1S(=O)(=O)Cc1cccc(N)c1. The normalized spacial score (nSPS) is 17.2. The summed E-state index contributed by atoms with van der Waals surface area (Å²) in [5.41, 5.74) is 6.65. The van der Waals surface area contributed by atoms with Crippen molar-refractivity contribution in [2.24, 2.45) is 0 Å². The number of carboxylic acid groups (broad SMARTS) is 2. The van der Waals surface area contributed by atoms with Crippen LogP contribution < -0.4 is 15.8 Å². The number of anilines is 2. The van der Waals surface area contributed by atoms with Crippen molar-refractivity contribution in [1.29, 1.82) is 0 Å². The third-order valence-electron chi connectivity index (χ3n) is 6.67. The fourth-order valence-electron chi connectivity index (χ4n) is 4.98. The smallest absolute Gasteiger partial charge is 0.349 e. The van der Waals surface area contributed by atoms with E-state index in [4.69, 9.17) is 27.2 Å². The topological polar surface area (TPSA) is 159 Å². The molecule has 41 heavy (non-hydrogen) atoms. The van der Waals surface area contributed by atoms with Crippen molar-refractivity contribution in [3.05, 3.63) is 63.7 Å². The largest absolute Gasteiger partial charge is 0.479 e. The zero-order valence-corrected chi connectivity index (χ0v) is 24.6. The number of rotatable bonds is 10. The van der Waals surface area contributed by atoms with Crippen molar-refractivity contribution in [3.63, 3.8) is 0 Å². The first-order valence-corrected chi connectivity index (χ1v) is 15.3. The molecule has 0 unspecified atom stereocenters. The molecule has 1 aliphatic heterocycles. The van der Waals surface area contributed by atoms with Gasteiger partial charge in [0.2, 0.25) is 10.0 Å². The third-order valence-corrected chi connectivity index (χ3v) is 10.4. The van der Waals surface area contributed by atoms with Gasteiger partial charge in [-0.1, -0.05) is 29.8 Å². The second kappa shape index (κ2) is 11.8. The minimum atomic E-state index is -3.67. The quantitative estimate of drug-likeness (QED) is 0.224. The molecule has 0 radical (unpaired) electrons. The van der Waals surface area contributed by atoms with E-state index >= 15 is 0 Å². The van der Waals surface area contributed by atoms with Crippen LogP contribution in [-0.2, 0) is 20.6 Å². The number of aliphatic carboxylic acids is 1.